The lowest BCUT2D eigenvalue weighted by Crippen LogP contribution is -2.44. The van der Waals surface area contributed by atoms with Crippen LogP contribution in [0.1, 0.15) is 6.42 Å². The zero-order chi connectivity index (χ0) is 11.3. The summed E-state index contributed by atoms with van der Waals surface area (Å²) in [7, 11) is 3.40. The molecule has 15 heavy (non-hydrogen) atoms. The quantitative estimate of drug-likeness (QED) is 0.517. The van der Waals surface area contributed by atoms with Crippen molar-refractivity contribution >= 4 is 19.7 Å². The van der Waals surface area contributed by atoms with Crippen LogP contribution in [0.3, 0.4) is 0 Å². The van der Waals surface area contributed by atoms with Gasteiger partial charge in [0.2, 0.25) is 0 Å². The van der Waals surface area contributed by atoms with Gasteiger partial charge in [-0.25, -0.2) is 0 Å². The lowest BCUT2D eigenvalue weighted by Gasteiger charge is -2.31. The van der Waals surface area contributed by atoms with Crippen LogP contribution in [-0.2, 0) is 9.05 Å². The Hall–Kier alpha value is -0.280. The number of likely N-dealkylation sites (N-methyl/N-ethyl adjacent to an activating group) is 1. The average molecular weight is 251 g/mol. The van der Waals surface area contributed by atoms with Crippen molar-refractivity contribution in [2.24, 2.45) is 0 Å². The minimum atomic E-state index is -3.65. The number of halogens is 1. The first-order valence-electron chi connectivity index (χ1n) is 4.82. The summed E-state index contributed by atoms with van der Waals surface area (Å²) in [4.78, 5) is 4.54. The first-order chi connectivity index (χ1) is 6.97. The fourth-order valence-corrected chi connectivity index (χ4v) is 1.86. The Morgan fingerprint density at radius 3 is 2.40 bits per heavy atom. The summed E-state index contributed by atoms with van der Waals surface area (Å²) in [5.41, 5.74) is 0. The SMILES string of the molecule is CN1CCN(CCC#CS(=O)(=O)Cl)CC1. The zero-order valence-corrected chi connectivity index (χ0v) is 10.3. The van der Waals surface area contributed by atoms with Gasteiger partial charge in [0.15, 0.2) is 0 Å². The predicted octanol–water partition coefficient (Wildman–Crippen LogP) is 0.153. The van der Waals surface area contributed by atoms with Gasteiger partial charge in [0.05, 0.1) is 0 Å². The van der Waals surface area contributed by atoms with Gasteiger partial charge in [0.25, 0.3) is 0 Å². The molecular formula is C9H15ClN2O2S. The van der Waals surface area contributed by atoms with E-state index in [-0.39, 0.29) is 0 Å². The number of hydrogen-bond acceptors (Lipinski definition) is 4. The lowest BCUT2D eigenvalue weighted by molar-refractivity contribution is 0.157. The van der Waals surface area contributed by atoms with E-state index in [1.807, 2.05) is 5.25 Å². The second kappa shape index (κ2) is 5.71. The van der Waals surface area contributed by atoms with Crippen molar-refractivity contribution in [3.05, 3.63) is 0 Å². The molecule has 1 aliphatic heterocycles. The van der Waals surface area contributed by atoms with E-state index in [1.165, 1.54) is 0 Å². The molecule has 0 amide bonds. The molecule has 0 spiro atoms. The molecule has 0 aliphatic carbocycles. The normalized spacial score (nSPS) is 19.6. The highest BCUT2D eigenvalue weighted by Crippen LogP contribution is 1.99. The Kier molecular flexibility index (Phi) is 4.87. The summed E-state index contributed by atoms with van der Waals surface area (Å²) in [5, 5.41) is 2.02. The number of rotatable bonds is 2. The molecule has 0 unspecified atom stereocenters. The van der Waals surface area contributed by atoms with Crippen LogP contribution in [0.5, 0.6) is 0 Å². The monoisotopic (exact) mass is 250 g/mol. The Morgan fingerprint density at radius 2 is 1.87 bits per heavy atom. The van der Waals surface area contributed by atoms with Crippen molar-refractivity contribution in [1.82, 2.24) is 9.80 Å². The van der Waals surface area contributed by atoms with Crippen LogP contribution in [0, 0.1) is 11.2 Å². The Labute approximate surface area is 95.6 Å². The molecule has 0 aromatic rings. The summed E-state index contributed by atoms with van der Waals surface area (Å²) in [6.45, 7) is 4.97. The van der Waals surface area contributed by atoms with E-state index >= 15 is 0 Å². The van der Waals surface area contributed by atoms with Gasteiger partial charge in [0.1, 0.15) is 0 Å². The third-order valence-corrected chi connectivity index (χ3v) is 2.96. The number of hydrogen-bond donors (Lipinski definition) is 0. The van der Waals surface area contributed by atoms with Crippen LogP contribution in [0.15, 0.2) is 0 Å². The van der Waals surface area contributed by atoms with Gasteiger partial charge < -0.3 is 4.90 Å². The van der Waals surface area contributed by atoms with E-state index in [1.54, 1.807) is 0 Å². The molecular weight excluding hydrogens is 236 g/mol. The van der Waals surface area contributed by atoms with Gasteiger partial charge in [-0.15, -0.1) is 0 Å². The highest BCUT2D eigenvalue weighted by atomic mass is 35.7. The highest BCUT2D eigenvalue weighted by molar-refractivity contribution is 8.17. The summed E-state index contributed by atoms with van der Waals surface area (Å²) >= 11 is 0. The molecule has 1 aliphatic rings. The summed E-state index contributed by atoms with van der Waals surface area (Å²) in [5.74, 6) is 2.56. The molecule has 4 nitrogen and oxygen atoms in total. The molecule has 0 N–H and O–H groups in total. The fourth-order valence-electron chi connectivity index (χ4n) is 1.42. The highest BCUT2D eigenvalue weighted by Gasteiger charge is 2.12. The van der Waals surface area contributed by atoms with Gasteiger partial charge >= 0.3 is 9.05 Å². The Bertz CT molecular complexity index is 350. The van der Waals surface area contributed by atoms with Crippen LogP contribution in [0.2, 0.25) is 0 Å². The Morgan fingerprint density at radius 1 is 1.27 bits per heavy atom. The molecule has 86 valence electrons. The molecule has 1 saturated heterocycles. The first-order valence-corrected chi connectivity index (χ1v) is 7.13. The van der Waals surface area contributed by atoms with E-state index in [9.17, 15) is 8.42 Å². The number of piperazine rings is 1. The molecule has 0 aromatic carbocycles. The van der Waals surface area contributed by atoms with E-state index in [4.69, 9.17) is 10.7 Å². The van der Waals surface area contributed by atoms with Gasteiger partial charge in [-0.1, -0.05) is 5.92 Å². The van der Waals surface area contributed by atoms with Crippen molar-refractivity contribution in [2.75, 3.05) is 39.8 Å². The molecule has 6 heteroatoms. The van der Waals surface area contributed by atoms with Crippen LogP contribution < -0.4 is 0 Å². The molecule has 0 radical (unpaired) electrons. The van der Waals surface area contributed by atoms with Gasteiger partial charge in [-0.05, 0) is 7.05 Å². The van der Waals surface area contributed by atoms with E-state index in [0.29, 0.717) is 6.42 Å². The van der Waals surface area contributed by atoms with E-state index in [2.05, 4.69) is 22.8 Å². The second-order valence-corrected chi connectivity index (χ2v) is 5.91. The van der Waals surface area contributed by atoms with Crippen LogP contribution in [-0.4, -0.2) is 58.0 Å². The van der Waals surface area contributed by atoms with Crippen molar-refractivity contribution in [2.45, 2.75) is 6.42 Å². The van der Waals surface area contributed by atoms with Crippen molar-refractivity contribution < 1.29 is 8.42 Å². The number of nitrogens with zero attached hydrogens (tertiary/aromatic N) is 2. The van der Waals surface area contributed by atoms with Crippen LogP contribution in [0.25, 0.3) is 0 Å². The largest absolute Gasteiger partial charge is 0.304 e. The van der Waals surface area contributed by atoms with Gasteiger partial charge in [0, 0.05) is 55.1 Å². The van der Waals surface area contributed by atoms with Crippen LogP contribution in [0.4, 0.5) is 0 Å². The van der Waals surface area contributed by atoms with Gasteiger partial charge in [-0.3, -0.25) is 4.90 Å². The maximum absolute atomic E-state index is 10.5. The summed E-state index contributed by atoms with van der Waals surface area (Å²) in [6.07, 6.45) is 0.551. The molecule has 0 atom stereocenters. The third-order valence-electron chi connectivity index (χ3n) is 2.34. The van der Waals surface area contributed by atoms with E-state index in [0.717, 1.165) is 32.7 Å². The fraction of sp³-hybridized carbons (Fsp3) is 0.778. The summed E-state index contributed by atoms with van der Waals surface area (Å²) < 4.78 is 21.0. The molecule has 1 rings (SSSR count). The van der Waals surface area contributed by atoms with Crippen molar-refractivity contribution in [3.63, 3.8) is 0 Å². The van der Waals surface area contributed by atoms with Crippen molar-refractivity contribution in [1.29, 1.82) is 0 Å². The smallest absolute Gasteiger partial charge is 0.300 e. The lowest BCUT2D eigenvalue weighted by atomic mass is 10.3. The standard InChI is InChI=1S/C9H15ClN2O2S/c1-11-5-7-12(8-6-11)4-2-3-9-15(10,13)14/h2,4-8H2,1H3. The molecule has 0 saturated carbocycles. The Balaban J connectivity index is 2.23. The molecule has 0 bridgehead atoms. The van der Waals surface area contributed by atoms with E-state index < -0.39 is 9.05 Å². The predicted molar refractivity (Wildman–Crippen MR) is 61.1 cm³/mol. The van der Waals surface area contributed by atoms with Gasteiger partial charge in [-0.2, -0.15) is 8.42 Å². The maximum atomic E-state index is 10.5. The second-order valence-electron chi connectivity index (χ2n) is 3.61. The molecule has 1 heterocycles. The molecule has 0 aromatic heterocycles. The molecule has 1 fully saturated rings. The average Bonchev–Trinajstić information content (AvgIpc) is 2.14. The third kappa shape index (κ3) is 6.00. The zero-order valence-electron chi connectivity index (χ0n) is 8.74. The van der Waals surface area contributed by atoms with Crippen LogP contribution >= 0.6 is 10.7 Å². The minimum Gasteiger partial charge on any atom is -0.304 e. The first kappa shape index (κ1) is 12.8. The minimum absolute atomic E-state index is 0.551. The topological polar surface area (TPSA) is 40.6 Å². The summed E-state index contributed by atoms with van der Waals surface area (Å²) in [6, 6.07) is 0. The van der Waals surface area contributed by atoms with Crippen molar-refractivity contribution in [3.8, 4) is 11.2 Å². The maximum Gasteiger partial charge on any atom is 0.300 e.